The summed E-state index contributed by atoms with van der Waals surface area (Å²) in [6, 6.07) is 0. The second-order valence-electron chi connectivity index (χ2n) is 7.76. The fourth-order valence-electron chi connectivity index (χ4n) is 3.27. The number of ether oxygens (including phenoxy) is 1. The molecular formula is C24H45BrO2. The number of rotatable bonds is 20. The van der Waals surface area contributed by atoms with Crippen molar-refractivity contribution in [3.05, 3.63) is 11.6 Å². The lowest BCUT2D eigenvalue weighted by Crippen LogP contribution is -2.04. The van der Waals surface area contributed by atoms with Crippen LogP contribution in [-0.2, 0) is 9.53 Å². The van der Waals surface area contributed by atoms with Gasteiger partial charge in [0.2, 0.25) is 0 Å². The van der Waals surface area contributed by atoms with Gasteiger partial charge in [0.15, 0.2) is 0 Å². The highest BCUT2D eigenvalue weighted by molar-refractivity contribution is 9.09. The summed E-state index contributed by atoms with van der Waals surface area (Å²) in [7, 11) is 0. The van der Waals surface area contributed by atoms with Crippen LogP contribution in [0.1, 0.15) is 123 Å². The minimum Gasteiger partial charge on any atom is -0.463 e. The fraction of sp³-hybridized carbons (Fsp3) is 0.875. The Balaban J connectivity index is 3.74. The Morgan fingerprint density at radius 3 is 1.81 bits per heavy atom. The summed E-state index contributed by atoms with van der Waals surface area (Å²) in [5.74, 6) is -0.122. The molecule has 2 nitrogen and oxygen atoms in total. The molecule has 0 N–H and O–H groups in total. The van der Waals surface area contributed by atoms with Crippen molar-refractivity contribution in [3.8, 4) is 0 Å². The van der Waals surface area contributed by atoms with Crippen LogP contribution < -0.4 is 0 Å². The van der Waals surface area contributed by atoms with Crippen molar-refractivity contribution in [3.63, 3.8) is 0 Å². The van der Waals surface area contributed by atoms with Gasteiger partial charge in [-0.1, -0.05) is 106 Å². The number of alkyl halides is 1. The monoisotopic (exact) mass is 444 g/mol. The van der Waals surface area contributed by atoms with Crippen LogP contribution >= 0.6 is 15.9 Å². The third kappa shape index (κ3) is 20.2. The SMILES string of the molecule is CCCCCC/C(=C/C(=O)OCCCCCCCCCCCBr)CCCC. The van der Waals surface area contributed by atoms with Crippen molar-refractivity contribution in [1.29, 1.82) is 0 Å². The molecule has 160 valence electrons. The Hall–Kier alpha value is -0.310. The molecule has 3 heteroatoms. The van der Waals surface area contributed by atoms with E-state index in [1.807, 2.05) is 0 Å². The first-order valence-electron chi connectivity index (χ1n) is 11.7. The number of carbonyl (C=O) groups excluding carboxylic acids is 1. The van der Waals surface area contributed by atoms with Gasteiger partial charge in [0.1, 0.15) is 0 Å². The van der Waals surface area contributed by atoms with Crippen LogP contribution in [0.4, 0.5) is 0 Å². The Morgan fingerprint density at radius 2 is 1.22 bits per heavy atom. The van der Waals surface area contributed by atoms with Crippen LogP contribution in [0.15, 0.2) is 11.6 Å². The molecule has 0 rings (SSSR count). The molecule has 0 aliphatic rings. The molecule has 0 aliphatic heterocycles. The summed E-state index contributed by atoms with van der Waals surface area (Å²) in [6.45, 7) is 5.02. The van der Waals surface area contributed by atoms with E-state index < -0.39 is 0 Å². The number of hydrogen-bond acceptors (Lipinski definition) is 2. The molecule has 0 unspecified atom stereocenters. The minimum absolute atomic E-state index is 0.122. The standard InChI is InChI=1S/C24H45BrO2/c1-3-5-7-15-19-23(18-6-4-2)22-24(26)27-21-17-14-12-10-8-9-11-13-16-20-25/h22H,3-21H2,1-2H3/b23-22+. The van der Waals surface area contributed by atoms with Crippen LogP contribution in [0.3, 0.4) is 0 Å². The van der Waals surface area contributed by atoms with E-state index in [1.54, 1.807) is 6.08 Å². The Morgan fingerprint density at radius 1 is 0.704 bits per heavy atom. The first kappa shape index (κ1) is 26.7. The summed E-state index contributed by atoms with van der Waals surface area (Å²) in [6.07, 6.45) is 22.8. The number of halogens is 1. The van der Waals surface area contributed by atoms with Crippen LogP contribution in [0.2, 0.25) is 0 Å². The highest BCUT2D eigenvalue weighted by Gasteiger charge is 2.04. The average molecular weight is 446 g/mol. The third-order valence-corrected chi connectivity index (χ3v) is 5.61. The first-order valence-corrected chi connectivity index (χ1v) is 12.8. The lowest BCUT2D eigenvalue weighted by atomic mass is 10.0. The summed E-state index contributed by atoms with van der Waals surface area (Å²) < 4.78 is 5.43. The largest absolute Gasteiger partial charge is 0.463 e. The van der Waals surface area contributed by atoms with Crippen molar-refractivity contribution < 1.29 is 9.53 Å². The van der Waals surface area contributed by atoms with E-state index in [0.29, 0.717) is 6.61 Å². The van der Waals surface area contributed by atoms with Crippen LogP contribution in [-0.4, -0.2) is 17.9 Å². The smallest absolute Gasteiger partial charge is 0.330 e. The van der Waals surface area contributed by atoms with Crippen molar-refractivity contribution in [2.45, 2.75) is 123 Å². The molecule has 0 heterocycles. The number of carbonyl (C=O) groups is 1. The molecule has 0 aromatic heterocycles. The Kier molecular flexibility index (Phi) is 21.7. The maximum absolute atomic E-state index is 12.1. The Labute approximate surface area is 178 Å². The maximum atomic E-state index is 12.1. The van der Waals surface area contributed by atoms with Gasteiger partial charge in [-0.2, -0.15) is 0 Å². The lowest BCUT2D eigenvalue weighted by molar-refractivity contribution is -0.137. The van der Waals surface area contributed by atoms with Gasteiger partial charge in [-0.15, -0.1) is 0 Å². The lowest BCUT2D eigenvalue weighted by Gasteiger charge is -2.08. The molecule has 0 saturated carbocycles. The van der Waals surface area contributed by atoms with Gasteiger partial charge in [-0.3, -0.25) is 0 Å². The van der Waals surface area contributed by atoms with Gasteiger partial charge >= 0.3 is 5.97 Å². The van der Waals surface area contributed by atoms with E-state index in [2.05, 4.69) is 29.8 Å². The van der Waals surface area contributed by atoms with Crippen molar-refractivity contribution in [2.75, 3.05) is 11.9 Å². The molecule has 27 heavy (non-hydrogen) atoms. The number of unbranched alkanes of at least 4 members (excludes halogenated alkanes) is 12. The van der Waals surface area contributed by atoms with Crippen molar-refractivity contribution >= 4 is 21.9 Å². The molecule has 0 amide bonds. The molecule has 0 aromatic carbocycles. The highest BCUT2D eigenvalue weighted by atomic mass is 79.9. The zero-order chi connectivity index (χ0) is 20.0. The van der Waals surface area contributed by atoms with E-state index >= 15 is 0 Å². The highest BCUT2D eigenvalue weighted by Crippen LogP contribution is 2.17. The molecule has 0 atom stereocenters. The molecule has 0 bridgehead atoms. The summed E-state index contributed by atoms with van der Waals surface area (Å²) in [4.78, 5) is 12.1. The van der Waals surface area contributed by atoms with Gasteiger partial charge in [0.05, 0.1) is 6.61 Å². The van der Waals surface area contributed by atoms with Gasteiger partial charge < -0.3 is 4.74 Å². The summed E-state index contributed by atoms with van der Waals surface area (Å²) >= 11 is 3.48. The van der Waals surface area contributed by atoms with E-state index in [1.165, 1.54) is 95.5 Å². The van der Waals surface area contributed by atoms with Crippen molar-refractivity contribution in [1.82, 2.24) is 0 Å². The predicted molar refractivity (Wildman–Crippen MR) is 123 cm³/mol. The number of allylic oxidation sites excluding steroid dienone is 1. The van der Waals surface area contributed by atoms with Gasteiger partial charge in [0.25, 0.3) is 0 Å². The summed E-state index contributed by atoms with van der Waals surface area (Å²) in [5.41, 5.74) is 1.29. The van der Waals surface area contributed by atoms with Gasteiger partial charge in [-0.05, 0) is 38.5 Å². The fourth-order valence-corrected chi connectivity index (χ4v) is 3.66. The average Bonchev–Trinajstić information content (AvgIpc) is 2.67. The molecule has 0 saturated heterocycles. The molecule has 0 aliphatic carbocycles. The molecule has 0 aromatic rings. The normalized spacial score (nSPS) is 11.7. The van der Waals surface area contributed by atoms with E-state index in [0.717, 1.165) is 24.6 Å². The van der Waals surface area contributed by atoms with Crippen LogP contribution in [0, 0.1) is 0 Å². The van der Waals surface area contributed by atoms with Gasteiger partial charge in [0, 0.05) is 11.4 Å². The third-order valence-electron chi connectivity index (χ3n) is 5.05. The van der Waals surface area contributed by atoms with Crippen molar-refractivity contribution in [2.24, 2.45) is 0 Å². The molecule has 0 radical (unpaired) electrons. The van der Waals surface area contributed by atoms with E-state index in [4.69, 9.17) is 4.74 Å². The number of esters is 1. The Bertz CT molecular complexity index is 352. The zero-order valence-corrected chi connectivity index (χ0v) is 19.8. The minimum atomic E-state index is -0.122. The molecule has 0 spiro atoms. The van der Waals surface area contributed by atoms with Crippen LogP contribution in [0.5, 0.6) is 0 Å². The molecule has 0 fully saturated rings. The molecular weight excluding hydrogens is 400 g/mol. The predicted octanol–water partition coefficient (Wildman–Crippen LogP) is 8.52. The summed E-state index contributed by atoms with van der Waals surface area (Å²) in [5, 5.41) is 1.14. The topological polar surface area (TPSA) is 26.3 Å². The second kappa shape index (κ2) is 22.0. The van der Waals surface area contributed by atoms with Gasteiger partial charge in [-0.25, -0.2) is 4.79 Å². The maximum Gasteiger partial charge on any atom is 0.330 e. The van der Waals surface area contributed by atoms with Crippen LogP contribution in [0.25, 0.3) is 0 Å². The van der Waals surface area contributed by atoms with E-state index in [9.17, 15) is 4.79 Å². The first-order chi connectivity index (χ1) is 13.2. The van der Waals surface area contributed by atoms with E-state index in [-0.39, 0.29) is 5.97 Å². The zero-order valence-electron chi connectivity index (χ0n) is 18.2. The number of hydrogen-bond donors (Lipinski definition) is 0. The second-order valence-corrected chi connectivity index (χ2v) is 8.55. The quantitative estimate of drug-likeness (QED) is 0.0812.